The molecule has 1 aromatic heterocycles. The van der Waals surface area contributed by atoms with Gasteiger partial charge >= 0.3 is 0 Å². The molecule has 1 aliphatic rings. The molecule has 1 atom stereocenters. The maximum atomic E-state index is 12.6. The zero-order valence-electron chi connectivity index (χ0n) is 14.5. The molecular weight excluding hydrogens is 334 g/mol. The molecule has 0 fully saturated rings. The van der Waals surface area contributed by atoms with Crippen molar-refractivity contribution in [1.82, 2.24) is 9.88 Å². The van der Waals surface area contributed by atoms with Crippen molar-refractivity contribution < 1.29 is 4.79 Å². The van der Waals surface area contributed by atoms with Crippen LogP contribution in [-0.2, 0) is 4.79 Å². The molecule has 3 rings (SSSR count). The van der Waals surface area contributed by atoms with Crippen LogP contribution >= 0.6 is 11.6 Å². The van der Waals surface area contributed by atoms with E-state index in [0.717, 1.165) is 36.3 Å². The van der Waals surface area contributed by atoms with Gasteiger partial charge in [0, 0.05) is 36.2 Å². The van der Waals surface area contributed by atoms with E-state index in [1.165, 1.54) is 5.57 Å². The number of aryl methyl sites for hydroxylation is 1. The zero-order valence-corrected chi connectivity index (χ0v) is 15.3. The Labute approximate surface area is 153 Å². The highest BCUT2D eigenvalue weighted by Crippen LogP contribution is 2.24. The minimum absolute atomic E-state index is 0.0106. The summed E-state index contributed by atoms with van der Waals surface area (Å²) in [5.41, 5.74) is 4.23. The van der Waals surface area contributed by atoms with Gasteiger partial charge in [0.2, 0.25) is 5.91 Å². The van der Waals surface area contributed by atoms with Crippen molar-refractivity contribution in [2.45, 2.75) is 26.3 Å². The topological polar surface area (TPSA) is 45.2 Å². The molecule has 5 heteroatoms. The van der Waals surface area contributed by atoms with Gasteiger partial charge in [0.1, 0.15) is 0 Å². The van der Waals surface area contributed by atoms with Crippen LogP contribution in [0.2, 0.25) is 5.02 Å². The predicted molar refractivity (Wildman–Crippen MR) is 103 cm³/mol. The normalized spacial score (nSPS) is 16.2. The number of carbonyl (C=O) groups is 1. The zero-order chi connectivity index (χ0) is 17.8. The van der Waals surface area contributed by atoms with Crippen LogP contribution in [0.1, 0.15) is 24.5 Å². The van der Waals surface area contributed by atoms with Crippen LogP contribution in [0, 0.1) is 6.92 Å². The standard InChI is InChI=1S/C20H22ClN3O/c1-14-5-6-18(21)12-19(14)23-20(25)15(2)24-10-7-16(8-11-24)17-4-3-9-22-13-17/h3-7,9,12-13,15H,8,10-11H2,1-2H3,(H,23,25)/t15-/m1/s1. The fraction of sp³-hybridized carbons (Fsp3) is 0.300. The second kappa shape index (κ2) is 7.81. The molecule has 0 radical (unpaired) electrons. The van der Waals surface area contributed by atoms with Gasteiger partial charge in [-0.25, -0.2) is 0 Å². The van der Waals surface area contributed by atoms with Crippen LogP contribution in [-0.4, -0.2) is 34.9 Å². The summed E-state index contributed by atoms with van der Waals surface area (Å²) in [4.78, 5) is 19.0. The summed E-state index contributed by atoms with van der Waals surface area (Å²) in [5, 5.41) is 3.62. The number of benzene rings is 1. The summed E-state index contributed by atoms with van der Waals surface area (Å²) < 4.78 is 0. The number of carbonyl (C=O) groups excluding carboxylic acids is 1. The quantitative estimate of drug-likeness (QED) is 0.895. The average Bonchev–Trinajstić information content (AvgIpc) is 2.65. The summed E-state index contributed by atoms with van der Waals surface area (Å²) in [5.74, 6) is -0.0106. The van der Waals surface area contributed by atoms with Crippen molar-refractivity contribution in [2.24, 2.45) is 0 Å². The minimum Gasteiger partial charge on any atom is -0.324 e. The minimum atomic E-state index is -0.204. The summed E-state index contributed by atoms with van der Waals surface area (Å²) in [7, 11) is 0. The maximum absolute atomic E-state index is 12.6. The van der Waals surface area contributed by atoms with Gasteiger partial charge in [-0.2, -0.15) is 0 Å². The van der Waals surface area contributed by atoms with Crippen LogP contribution in [0.5, 0.6) is 0 Å². The van der Waals surface area contributed by atoms with E-state index in [9.17, 15) is 4.79 Å². The van der Waals surface area contributed by atoms with E-state index in [4.69, 9.17) is 11.6 Å². The SMILES string of the molecule is Cc1ccc(Cl)cc1NC(=O)[C@@H](C)N1CC=C(c2cccnc2)CC1. The summed E-state index contributed by atoms with van der Waals surface area (Å²) >= 11 is 6.03. The van der Waals surface area contributed by atoms with E-state index >= 15 is 0 Å². The molecule has 0 saturated heterocycles. The van der Waals surface area contributed by atoms with Crippen LogP contribution in [0.3, 0.4) is 0 Å². The lowest BCUT2D eigenvalue weighted by Crippen LogP contribution is -2.44. The van der Waals surface area contributed by atoms with Crippen LogP contribution in [0.15, 0.2) is 48.8 Å². The van der Waals surface area contributed by atoms with Gasteiger partial charge in [-0.05, 0) is 55.2 Å². The van der Waals surface area contributed by atoms with Crippen molar-refractivity contribution in [3.05, 3.63) is 65.0 Å². The van der Waals surface area contributed by atoms with Crippen LogP contribution < -0.4 is 5.32 Å². The number of hydrogen-bond donors (Lipinski definition) is 1. The summed E-state index contributed by atoms with van der Waals surface area (Å²) in [6.45, 7) is 5.51. The van der Waals surface area contributed by atoms with Gasteiger partial charge in [-0.15, -0.1) is 0 Å². The molecular formula is C20H22ClN3O. The number of amides is 1. The van der Waals surface area contributed by atoms with Crippen LogP contribution in [0.4, 0.5) is 5.69 Å². The van der Waals surface area contributed by atoms with Gasteiger partial charge in [0.05, 0.1) is 6.04 Å². The molecule has 1 aliphatic heterocycles. The number of pyridine rings is 1. The Balaban J connectivity index is 1.64. The average molecular weight is 356 g/mol. The summed E-state index contributed by atoms with van der Waals surface area (Å²) in [6, 6.07) is 9.35. The van der Waals surface area contributed by atoms with Crippen molar-refractivity contribution in [3.63, 3.8) is 0 Å². The Bertz CT molecular complexity index is 789. The Kier molecular flexibility index (Phi) is 5.51. The third-order valence-electron chi connectivity index (χ3n) is 4.66. The first-order valence-electron chi connectivity index (χ1n) is 8.45. The molecule has 1 amide bonds. The molecule has 130 valence electrons. The van der Waals surface area contributed by atoms with E-state index in [-0.39, 0.29) is 11.9 Å². The van der Waals surface area contributed by atoms with Crippen molar-refractivity contribution in [3.8, 4) is 0 Å². The van der Waals surface area contributed by atoms with Gasteiger partial charge in [0.15, 0.2) is 0 Å². The first kappa shape index (κ1) is 17.6. The first-order chi connectivity index (χ1) is 12.0. The molecule has 4 nitrogen and oxygen atoms in total. The van der Waals surface area contributed by atoms with E-state index < -0.39 is 0 Å². The number of nitrogens with zero attached hydrogens (tertiary/aromatic N) is 2. The number of halogens is 1. The fourth-order valence-electron chi connectivity index (χ4n) is 2.98. The molecule has 1 aromatic carbocycles. The monoisotopic (exact) mass is 355 g/mol. The highest BCUT2D eigenvalue weighted by atomic mass is 35.5. The third-order valence-corrected chi connectivity index (χ3v) is 4.89. The number of nitrogens with one attached hydrogen (secondary N) is 1. The Morgan fingerprint density at radius 2 is 2.20 bits per heavy atom. The van der Waals surface area contributed by atoms with Crippen molar-refractivity contribution >= 4 is 28.8 Å². The summed E-state index contributed by atoms with van der Waals surface area (Å²) in [6.07, 6.45) is 6.78. The number of hydrogen-bond acceptors (Lipinski definition) is 3. The molecule has 0 saturated carbocycles. The second-order valence-corrected chi connectivity index (χ2v) is 6.78. The van der Waals surface area contributed by atoms with Gasteiger partial charge in [-0.3, -0.25) is 14.7 Å². The van der Waals surface area contributed by atoms with E-state index in [1.807, 2.05) is 38.2 Å². The third kappa shape index (κ3) is 4.27. The molecule has 1 N–H and O–H groups in total. The highest BCUT2D eigenvalue weighted by Gasteiger charge is 2.23. The maximum Gasteiger partial charge on any atom is 0.241 e. The number of rotatable bonds is 4. The fourth-order valence-corrected chi connectivity index (χ4v) is 3.16. The Morgan fingerprint density at radius 1 is 1.36 bits per heavy atom. The lowest BCUT2D eigenvalue weighted by molar-refractivity contribution is -0.120. The molecule has 2 aromatic rings. The van der Waals surface area contributed by atoms with Crippen molar-refractivity contribution in [2.75, 3.05) is 18.4 Å². The molecule has 0 aliphatic carbocycles. The smallest absolute Gasteiger partial charge is 0.241 e. The van der Waals surface area contributed by atoms with Crippen molar-refractivity contribution in [1.29, 1.82) is 0 Å². The van der Waals surface area contributed by atoms with Gasteiger partial charge in [0.25, 0.3) is 0 Å². The molecule has 0 spiro atoms. The second-order valence-electron chi connectivity index (χ2n) is 6.34. The van der Waals surface area contributed by atoms with E-state index in [2.05, 4.69) is 27.3 Å². The van der Waals surface area contributed by atoms with E-state index in [0.29, 0.717) is 5.02 Å². The van der Waals surface area contributed by atoms with E-state index in [1.54, 1.807) is 12.3 Å². The van der Waals surface area contributed by atoms with Crippen LogP contribution in [0.25, 0.3) is 5.57 Å². The largest absolute Gasteiger partial charge is 0.324 e. The first-order valence-corrected chi connectivity index (χ1v) is 8.83. The molecule has 0 unspecified atom stereocenters. The Hall–Kier alpha value is -2.17. The number of anilines is 1. The Morgan fingerprint density at radius 3 is 2.88 bits per heavy atom. The molecule has 2 heterocycles. The number of aromatic nitrogens is 1. The highest BCUT2D eigenvalue weighted by molar-refractivity contribution is 6.31. The predicted octanol–water partition coefficient (Wildman–Crippen LogP) is 4.16. The lowest BCUT2D eigenvalue weighted by Gasteiger charge is -2.31. The van der Waals surface area contributed by atoms with Gasteiger partial charge in [-0.1, -0.05) is 29.8 Å². The molecule has 25 heavy (non-hydrogen) atoms. The van der Waals surface area contributed by atoms with Gasteiger partial charge < -0.3 is 5.32 Å². The lowest BCUT2D eigenvalue weighted by atomic mass is 10.00. The molecule has 0 bridgehead atoms.